The molecular weight excluding hydrogens is 364 g/mol. The molecule has 0 atom stereocenters. The summed E-state index contributed by atoms with van der Waals surface area (Å²) in [6.45, 7) is 2.06. The van der Waals surface area contributed by atoms with Crippen molar-refractivity contribution in [2.75, 3.05) is 11.1 Å². The number of thioether (sulfide) groups is 1. The van der Waals surface area contributed by atoms with Crippen molar-refractivity contribution in [1.82, 2.24) is 15.0 Å². The Morgan fingerprint density at radius 2 is 2.08 bits per heavy atom. The highest BCUT2D eigenvalue weighted by atomic mass is 32.2. The van der Waals surface area contributed by atoms with Gasteiger partial charge in [0.25, 0.3) is 0 Å². The molecule has 5 nitrogen and oxygen atoms in total. The van der Waals surface area contributed by atoms with Crippen molar-refractivity contribution < 1.29 is 4.79 Å². The first kappa shape index (κ1) is 16.9. The van der Waals surface area contributed by atoms with Crippen LogP contribution in [-0.4, -0.2) is 26.6 Å². The van der Waals surface area contributed by atoms with Gasteiger partial charge in [0.1, 0.15) is 16.2 Å². The Balaban J connectivity index is 1.41. The molecule has 26 heavy (non-hydrogen) atoms. The van der Waals surface area contributed by atoms with Gasteiger partial charge >= 0.3 is 0 Å². The minimum absolute atomic E-state index is 0.0255. The Kier molecular flexibility index (Phi) is 4.81. The van der Waals surface area contributed by atoms with E-state index in [4.69, 9.17) is 0 Å². The largest absolute Gasteiger partial charge is 0.324 e. The van der Waals surface area contributed by atoms with E-state index in [-0.39, 0.29) is 5.91 Å². The van der Waals surface area contributed by atoms with Gasteiger partial charge in [0, 0.05) is 34.0 Å². The zero-order chi connectivity index (χ0) is 17.9. The maximum atomic E-state index is 12.3. The van der Waals surface area contributed by atoms with E-state index in [0.717, 1.165) is 31.8 Å². The fraction of sp³-hybridized carbons (Fsp3) is 0.158. The first-order valence-corrected chi connectivity index (χ1v) is 9.98. The van der Waals surface area contributed by atoms with Crippen LogP contribution in [0.5, 0.6) is 0 Å². The van der Waals surface area contributed by atoms with Gasteiger partial charge in [-0.25, -0.2) is 9.97 Å². The number of pyridine rings is 1. The number of benzene rings is 1. The lowest BCUT2D eigenvalue weighted by Gasteiger charge is -2.08. The normalized spacial score (nSPS) is 11.1. The molecule has 4 aromatic rings. The summed E-state index contributed by atoms with van der Waals surface area (Å²) in [5, 5.41) is 5.97. The third-order valence-corrected chi connectivity index (χ3v) is 5.86. The van der Waals surface area contributed by atoms with E-state index in [2.05, 4.69) is 33.3 Å². The quantitative estimate of drug-likeness (QED) is 0.402. The van der Waals surface area contributed by atoms with Gasteiger partial charge in [-0.1, -0.05) is 18.2 Å². The molecular formula is C19H16N4OS2. The van der Waals surface area contributed by atoms with Gasteiger partial charge in [-0.05, 0) is 25.1 Å². The number of amides is 1. The van der Waals surface area contributed by atoms with E-state index in [1.807, 2.05) is 30.3 Å². The number of nitrogens with zero attached hydrogens (tertiary/aromatic N) is 3. The smallest absolute Gasteiger partial charge is 0.225 e. The van der Waals surface area contributed by atoms with E-state index in [1.54, 1.807) is 35.6 Å². The standard InChI is InChI=1S/C19H16N4OS2/c1-12-10-14-18(21-11-22-19(14)26-12)25-9-7-16(24)23-15-6-2-4-13-5-3-8-20-17(13)15/h2-6,8,10-11H,7,9H2,1H3,(H,23,24). The molecule has 0 fully saturated rings. The molecule has 0 bridgehead atoms. The van der Waals surface area contributed by atoms with Crippen LogP contribution >= 0.6 is 23.1 Å². The third-order valence-electron chi connectivity index (χ3n) is 3.89. The number of hydrogen-bond donors (Lipinski definition) is 1. The van der Waals surface area contributed by atoms with Gasteiger partial charge in [-0.3, -0.25) is 9.78 Å². The lowest BCUT2D eigenvalue weighted by Crippen LogP contribution is -2.12. The van der Waals surface area contributed by atoms with Crippen LogP contribution in [0.15, 0.2) is 53.9 Å². The number of carbonyl (C=O) groups is 1. The second kappa shape index (κ2) is 7.39. The maximum absolute atomic E-state index is 12.3. The molecule has 0 radical (unpaired) electrons. The number of hydrogen-bond acceptors (Lipinski definition) is 6. The number of carbonyl (C=O) groups excluding carboxylic acids is 1. The fourth-order valence-corrected chi connectivity index (χ4v) is 4.55. The summed E-state index contributed by atoms with van der Waals surface area (Å²) in [7, 11) is 0. The van der Waals surface area contributed by atoms with Gasteiger partial charge < -0.3 is 5.32 Å². The van der Waals surface area contributed by atoms with Gasteiger partial charge in [-0.15, -0.1) is 23.1 Å². The van der Waals surface area contributed by atoms with Crippen molar-refractivity contribution in [3.05, 3.63) is 53.8 Å². The third kappa shape index (κ3) is 3.54. The summed E-state index contributed by atoms with van der Waals surface area (Å²) in [6, 6.07) is 11.8. The highest BCUT2D eigenvalue weighted by Gasteiger charge is 2.10. The van der Waals surface area contributed by atoms with E-state index < -0.39 is 0 Å². The van der Waals surface area contributed by atoms with Crippen molar-refractivity contribution in [2.24, 2.45) is 0 Å². The first-order valence-electron chi connectivity index (χ1n) is 8.18. The van der Waals surface area contributed by atoms with E-state index >= 15 is 0 Å². The number of aryl methyl sites for hydroxylation is 1. The minimum atomic E-state index is -0.0255. The molecule has 0 aliphatic rings. The number of aromatic nitrogens is 3. The van der Waals surface area contributed by atoms with Crippen LogP contribution < -0.4 is 5.32 Å². The van der Waals surface area contributed by atoms with Gasteiger partial charge in [-0.2, -0.15) is 0 Å². The zero-order valence-corrected chi connectivity index (χ0v) is 15.7. The Bertz CT molecular complexity index is 1090. The summed E-state index contributed by atoms with van der Waals surface area (Å²) in [4.78, 5) is 27.6. The summed E-state index contributed by atoms with van der Waals surface area (Å²) < 4.78 is 0. The summed E-state index contributed by atoms with van der Waals surface area (Å²) in [6.07, 6.45) is 3.72. The number of thiophene rings is 1. The molecule has 0 spiro atoms. The fourth-order valence-electron chi connectivity index (χ4n) is 2.73. The average molecular weight is 380 g/mol. The second-order valence-corrected chi connectivity index (χ2v) is 8.10. The molecule has 0 unspecified atom stereocenters. The molecule has 4 rings (SSSR count). The molecule has 7 heteroatoms. The monoisotopic (exact) mass is 380 g/mol. The number of anilines is 1. The first-order chi connectivity index (χ1) is 12.7. The maximum Gasteiger partial charge on any atom is 0.225 e. The van der Waals surface area contributed by atoms with E-state index in [1.165, 1.54) is 4.88 Å². The second-order valence-electron chi connectivity index (χ2n) is 5.78. The van der Waals surface area contributed by atoms with Crippen molar-refractivity contribution in [3.63, 3.8) is 0 Å². The number of fused-ring (bicyclic) bond motifs is 2. The molecule has 3 aromatic heterocycles. The average Bonchev–Trinajstić information content (AvgIpc) is 3.03. The number of nitrogens with one attached hydrogen (secondary N) is 1. The summed E-state index contributed by atoms with van der Waals surface area (Å²) in [5.41, 5.74) is 1.55. The Morgan fingerprint density at radius 1 is 1.19 bits per heavy atom. The topological polar surface area (TPSA) is 67.8 Å². The SMILES string of the molecule is Cc1cc2c(SCCC(=O)Nc3cccc4cccnc34)ncnc2s1. The predicted molar refractivity (Wildman–Crippen MR) is 108 cm³/mol. The Morgan fingerprint density at radius 3 is 3.00 bits per heavy atom. The van der Waals surface area contributed by atoms with Crippen LogP contribution in [0.3, 0.4) is 0 Å². The molecule has 3 heterocycles. The highest BCUT2D eigenvalue weighted by molar-refractivity contribution is 7.99. The lowest BCUT2D eigenvalue weighted by atomic mass is 10.2. The molecule has 0 aliphatic heterocycles. The molecule has 0 saturated carbocycles. The van der Waals surface area contributed by atoms with Crippen molar-refractivity contribution >= 4 is 55.8 Å². The Hall–Kier alpha value is -2.51. The molecule has 1 aromatic carbocycles. The minimum Gasteiger partial charge on any atom is -0.324 e. The summed E-state index contributed by atoms with van der Waals surface area (Å²) in [5.74, 6) is 0.632. The van der Waals surface area contributed by atoms with Crippen LogP contribution in [0.2, 0.25) is 0 Å². The summed E-state index contributed by atoms with van der Waals surface area (Å²) >= 11 is 3.24. The Labute approximate surface area is 158 Å². The van der Waals surface area contributed by atoms with Crippen molar-refractivity contribution in [2.45, 2.75) is 18.4 Å². The van der Waals surface area contributed by atoms with Crippen LogP contribution in [0, 0.1) is 6.92 Å². The van der Waals surface area contributed by atoms with Gasteiger partial charge in [0.05, 0.1) is 11.2 Å². The van der Waals surface area contributed by atoms with Crippen LogP contribution in [0.1, 0.15) is 11.3 Å². The van der Waals surface area contributed by atoms with Gasteiger partial charge in [0.2, 0.25) is 5.91 Å². The van der Waals surface area contributed by atoms with Gasteiger partial charge in [0.15, 0.2) is 0 Å². The molecule has 1 N–H and O–H groups in total. The lowest BCUT2D eigenvalue weighted by molar-refractivity contribution is -0.115. The van der Waals surface area contributed by atoms with Crippen LogP contribution in [0.4, 0.5) is 5.69 Å². The number of para-hydroxylation sites is 1. The zero-order valence-electron chi connectivity index (χ0n) is 14.1. The molecule has 0 aliphatic carbocycles. The molecule has 130 valence electrons. The van der Waals surface area contributed by atoms with Crippen molar-refractivity contribution in [3.8, 4) is 0 Å². The highest BCUT2D eigenvalue weighted by Crippen LogP contribution is 2.30. The van der Waals surface area contributed by atoms with E-state index in [9.17, 15) is 4.79 Å². The molecule has 1 amide bonds. The predicted octanol–water partition coefficient (Wildman–Crippen LogP) is 4.67. The van der Waals surface area contributed by atoms with Crippen molar-refractivity contribution in [1.29, 1.82) is 0 Å². The number of rotatable bonds is 5. The van der Waals surface area contributed by atoms with Crippen LogP contribution in [0.25, 0.3) is 21.1 Å². The van der Waals surface area contributed by atoms with Crippen LogP contribution in [-0.2, 0) is 4.79 Å². The molecule has 0 saturated heterocycles. The van der Waals surface area contributed by atoms with E-state index in [0.29, 0.717) is 12.2 Å².